The first-order chi connectivity index (χ1) is 10.6. The number of hydrogen-bond acceptors (Lipinski definition) is 2. The highest BCUT2D eigenvalue weighted by Crippen LogP contribution is 2.46. The summed E-state index contributed by atoms with van der Waals surface area (Å²) in [5.74, 6) is 0. The Morgan fingerprint density at radius 1 is 0.739 bits per heavy atom. The lowest BCUT2D eigenvalue weighted by Crippen LogP contribution is -2.30. The molecule has 0 aliphatic rings. The van der Waals surface area contributed by atoms with Gasteiger partial charge in [0.05, 0.1) is 4.75 Å². The monoisotopic (exact) mass is 346 g/mol. The molecule has 0 fully saturated rings. The minimum absolute atomic E-state index is 0.194. The van der Waals surface area contributed by atoms with Crippen molar-refractivity contribution >= 4 is 21.0 Å². The third-order valence-electron chi connectivity index (χ3n) is 4.19. The molecule has 0 N–H and O–H groups in total. The SMILES string of the molecule is Cc1ccc(C(C)(C)S[S@@+]([O-])C(C)(C)c2ccc(C)cc2)cc1. The zero-order valence-corrected chi connectivity index (χ0v) is 16.5. The first-order valence-electron chi connectivity index (χ1n) is 7.88. The summed E-state index contributed by atoms with van der Waals surface area (Å²) < 4.78 is 12.5. The van der Waals surface area contributed by atoms with Crippen LogP contribution in [0.3, 0.4) is 0 Å². The fourth-order valence-electron chi connectivity index (χ4n) is 2.35. The molecule has 0 bridgehead atoms. The van der Waals surface area contributed by atoms with E-state index in [0.717, 1.165) is 5.56 Å². The second kappa shape index (κ2) is 6.92. The predicted octanol–water partition coefficient (Wildman–Crippen LogP) is 5.87. The van der Waals surface area contributed by atoms with Crippen molar-refractivity contribution in [2.75, 3.05) is 0 Å². The van der Waals surface area contributed by atoms with Gasteiger partial charge in [-0.25, -0.2) is 0 Å². The van der Waals surface area contributed by atoms with Gasteiger partial charge in [0, 0.05) is 15.8 Å². The molecule has 1 atom stereocenters. The highest BCUT2D eigenvalue weighted by molar-refractivity contribution is 8.72. The minimum Gasteiger partial charge on any atom is -0.604 e. The lowest BCUT2D eigenvalue weighted by atomic mass is 10.0. The Hall–Kier alpha value is -0.900. The van der Waals surface area contributed by atoms with E-state index >= 15 is 0 Å². The Kier molecular flexibility index (Phi) is 5.55. The van der Waals surface area contributed by atoms with Gasteiger partial charge in [-0.05, 0) is 47.1 Å². The molecule has 0 spiro atoms. The Labute approximate surface area is 147 Å². The largest absolute Gasteiger partial charge is 0.604 e. The van der Waals surface area contributed by atoms with Crippen molar-refractivity contribution in [3.05, 3.63) is 70.8 Å². The fourth-order valence-corrected chi connectivity index (χ4v) is 5.83. The third-order valence-corrected chi connectivity index (χ3v) is 9.02. The van der Waals surface area contributed by atoms with Crippen LogP contribution in [0.5, 0.6) is 0 Å². The maximum absolute atomic E-state index is 13.1. The van der Waals surface area contributed by atoms with Gasteiger partial charge in [0.2, 0.25) is 0 Å². The molecule has 0 radical (unpaired) electrons. The Balaban J connectivity index is 2.20. The van der Waals surface area contributed by atoms with E-state index in [1.165, 1.54) is 27.5 Å². The molecule has 0 aromatic heterocycles. The number of benzene rings is 2. The van der Waals surface area contributed by atoms with Crippen molar-refractivity contribution in [3.8, 4) is 0 Å². The molecule has 0 aliphatic heterocycles. The first-order valence-corrected chi connectivity index (χ1v) is 10.4. The van der Waals surface area contributed by atoms with Gasteiger partial charge in [-0.3, -0.25) is 0 Å². The van der Waals surface area contributed by atoms with Crippen LogP contribution < -0.4 is 0 Å². The van der Waals surface area contributed by atoms with Gasteiger partial charge in [0.15, 0.2) is 4.75 Å². The predicted molar refractivity (Wildman–Crippen MR) is 104 cm³/mol. The zero-order valence-electron chi connectivity index (χ0n) is 14.8. The number of rotatable bonds is 5. The molecule has 2 aromatic carbocycles. The van der Waals surface area contributed by atoms with Gasteiger partial charge in [-0.1, -0.05) is 59.7 Å². The molecule has 2 aromatic rings. The Bertz CT molecular complexity index is 642. The second-order valence-electron chi connectivity index (χ2n) is 7.07. The third kappa shape index (κ3) is 4.34. The van der Waals surface area contributed by atoms with Gasteiger partial charge < -0.3 is 4.55 Å². The van der Waals surface area contributed by atoms with Crippen LogP contribution in [0.15, 0.2) is 48.5 Å². The molecule has 0 aliphatic carbocycles. The quantitative estimate of drug-likeness (QED) is 0.499. The van der Waals surface area contributed by atoms with Crippen molar-refractivity contribution in [1.82, 2.24) is 0 Å². The van der Waals surface area contributed by atoms with Crippen LogP contribution in [0, 0.1) is 13.8 Å². The van der Waals surface area contributed by atoms with E-state index in [-0.39, 0.29) is 9.49 Å². The van der Waals surface area contributed by atoms with Gasteiger partial charge in [-0.2, -0.15) is 0 Å². The van der Waals surface area contributed by atoms with E-state index in [4.69, 9.17) is 0 Å². The van der Waals surface area contributed by atoms with Gasteiger partial charge in [-0.15, -0.1) is 0 Å². The van der Waals surface area contributed by atoms with Crippen molar-refractivity contribution in [1.29, 1.82) is 0 Å². The summed E-state index contributed by atoms with van der Waals surface area (Å²) in [5.41, 5.74) is 4.80. The summed E-state index contributed by atoms with van der Waals surface area (Å²) in [7, 11) is 0.492. The number of aryl methyl sites for hydroxylation is 2. The van der Waals surface area contributed by atoms with Crippen molar-refractivity contribution in [2.24, 2.45) is 0 Å². The summed E-state index contributed by atoms with van der Waals surface area (Å²) in [4.78, 5) is 0. The molecule has 0 saturated heterocycles. The van der Waals surface area contributed by atoms with Gasteiger partial charge >= 0.3 is 0 Å². The normalized spacial score (nSPS) is 13.9. The van der Waals surface area contributed by atoms with E-state index < -0.39 is 10.2 Å². The van der Waals surface area contributed by atoms with Gasteiger partial charge in [0.1, 0.15) is 10.8 Å². The van der Waals surface area contributed by atoms with Crippen LogP contribution >= 0.6 is 10.8 Å². The molecular weight excluding hydrogens is 320 g/mol. The van der Waals surface area contributed by atoms with Crippen LogP contribution in [0.2, 0.25) is 0 Å². The van der Waals surface area contributed by atoms with Crippen molar-refractivity contribution in [2.45, 2.75) is 51.0 Å². The molecule has 0 amide bonds. The summed E-state index contributed by atoms with van der Waals surface area (Å²) in [6, 6.07) is 16.9. The van der Waals surface area contributed by atoms with E-state index in [1.807, 2.05) is 0 Å². The van der Waals surface area contributed by atoms with Gasteiger partial charge in [0.25, 0.3) is 0 Å². The summed E-state index contributed by atoms with van der Waals surface area (Å²) in [6.45, 7) is 12.6. The average molecular weight is 347 g/mol. The maximum Gasteiger partial charge on any atom is 0.157 e. The lowest BCUT2D eigenvalue weighted by Gasteiger charge is -2.32. The molecule has 23 heavy (non-hydrogen) atoms. The molecule has 3 heteroatoms. The van der Waals surface area contributed by atoms with Crippen LogP contribution in [-0.2, 0) is 19.7 Å². The fraction of sp³-hybridized carbons (Fsp3) is 0.400. The van der Waals surface area contributed by atoms with Crippen LogP contribution in [0.1, 0.15) is 49.9 Å². The van der Waals surface area contributed by atoms with E-state index in [0.29, 0.717) is 0 Å². The summed E-state index contributed by atoms with van der Waals surface area (Å²) in [6.07, 6.45) is 0. The van der Waals surface area contributed by atoms with Crippen LogP contribution in [0.4, 0.5) is 0 Å². The molecule has 1 nitrogen and oxygen atoms in total. The van der Waals surface area contributed by atoms with Crippen molar-refractivity contribution < 1.29 is 4.55 Å². The second-order valence-corrected chi connectivity index (χ2v) is 11.2. The van der Waals surface area contributed by atoms with Crippen LogP contribution in [-0.4, -0.2) is 4.55 Å². The Morgan fingerprint density at radius 2 is 1.13 bits per heavy atom. The molecule has 0 saturated carbocycles. The Morgan fingerprint density at radius 3 is 1.57 bits per heavy atom. The smallest absolute Gasteiger partial charge is 0.157 e. The van der Waals surface area contributed by atoms with Crippen molar-refractivity contribution in [3.63, 3.8) is 0 Å². The summed E-state index contributed by atoms with van der Waals surface area (Å²) >= 11 is 0. The van der Waals surface area contributed by atoms with E-state index in [9.17, 15) is 4.55 Å². The van der Waals surface area contributed by atoms with E-state index in [2.05, 4.69) is 90.1 Å². The standard InChI is InChI=1S/C20H26OS2/c1-15-7-11-17(12-8-15)19(3,4)22-23(21)20(5,6)18-13-9-16(2)10-14-18/h7-14H,1-6H3/t23-/m1/s1. The average Bonchev–Trinajstić information content (AvgIpc) is 2.47. The molecule has 0 heterocycles. The highest BCUT2D eigenvalue weighted by atomic mass is 33.1. The summed E-state index contributed by atoms with van der Waals surface area (Å²) in [5, 5.41) is 0. The minimum atomic E-state index is -1.05. The molecule has 2 rings (SSSR count). The highest BCUT2D eigenvalue weighted by Gasteiger charge is 2.40. The number of hydrogen-bond donors (Lipinski definition) is 0. The molecule has 124 valence electrons. The molecule has 0 unspecified atom stereocenters. The first kappa shape index (κ1) is 18.4. The topological polar surface area (TPSA) is 23.1 Å². The maximum atomic E-state index is 13.1. The lowest BCUT2D eigenvalue weighted by molar-refractivity contribution is 0.570. The van der Waals surface area contributed by atoms with E-state index in [1.54, 1.807) is 0 Å². The molecular formula is C20H26OS2. The van der Waals surface area contributed by atoms with Crippen LogP contribution in [0.25, 0.3) is 0 Å². The zero-order chi connectivity index (χ0) is 17.3.